The highest BCUT2D eigenvalue weighted by atomic mass is 19.1. The SMILES string of the molecule is OCCC1CN(c2cccc(F)c2)CCN1. The van der Waals surface area contributed by atoms with Crippen LogP contribution in [0.4, 0.5) is 10.1 Å². The molecule has 3 nitrogen and oxygen atoms in total. The molecule has 1 aliphatic heterocycles. The number of halogens is 1. The van der Waals surface area contributed by atoms with E-state index in [1.165, 1.54) is 6.07 Å². The third kappa shape index (κ3) is 2.71. The van der Waals surface area contributed by atoms with E-state index in [0.717, 1.165) is 31.7 Å². The van der Waals surface area contributed by atoms with Gasteiger partial charge in [0, 0.05) is 38.0 Å². The molecule has 88 valence electrons. The summed E-state index contributed by atoms with van der Waals surface area (Å²) >= 11 is 0. The second kappa shape index (κ2) is 5.27. The van der Waals surface area contributed by atoms with Gasteiger partial charge in [-0.15, -0.1) is 0 Å². The number of aliphatic hydroxyl groups excluding tert-OH is 1. The maximum absolute atomic E-state index is 13.1. The van der Waals surface area contributed by atoms with Crippen molar-refractivity contribution in [2.24, 2.45) is 0 Å². The van der Waals surface area contributed by atoms with Gasteiger partial charge in [-0.25, -0.2) is 4.39 Å². The number of anilines is 1. The van der Waals surface area contributed by atoms with Gasteiger partial charge in [-0.3, -0.25) is 0 Å². The molecular weight excluding hydrogens is 207 g/mol. The molecule has 1 saturated heterocycles. The van der Waals surface area contributed by atoms with E-state index in [0.29, 0.717) is 6.04 Å². The molecule has 1 aromatic carbocycles. The van der Waals surface area contributed by atoms with E-state index in [9.17, 15) is 4.39 Å². The topological polar surface area (TPSA) is 35.5 Å². The van der Waals surface area contributed by atoms with Crippen LogP contribution in [0, 0.1) is 5.82 Å². The van der Waals surface area contributed by atoms with Crippen molar-refractivity contribution >= 4 is 5.69 Å². The van der Waals surface area contributed by atoms with Gasteiger partial charge in [0.2, 0.25) is 0 Å². The minimum absolute atomic E-state index is 0.189. The van der Waals surface area contributed by atoms with Crippen molar-refractivity contribution in [3.05, 3.63) is 30.1 Å². The van der Waals surface area contributed by atoms with Gasteiger partial charge in [0.05, 0.1) is 0 Å². The summed E-state index contributed by atoms with van der Waals surface area (Å²) in [5.74, 6) is -0.199. The summed E-state index contributed by atoms with van der Waals surface area (Å²) in [6.07, 6.45) is 0.742. The minimum atomic E-state index is -0.199. The molecule has 1 atom stereocenters. The summed E-state index contributed by atoms with van der Waals surface area (Å²) in [7, 11) is 0. The van der Waals surface area contributed by atoms with Crippen LogP contribution in [-0.2, 0) is 0 Å². The molecule has 0 saturated carbocycles. The largest absolute Gasteiger partial charge is 0.396 e. The highest BCUT2D eigenvalue weighted by molar-refractivity contribution is 5.47. The van der Waals surface area contributed by atoms with E-state index in [4.69, 9.17) is 5.11 Å². The maximum atomic E-state index is 13.1. The molecule has 1 aliphatic rings. The molecule has 16 heavy (non-hydrogen) atoms. The van der Waals surface area contributed by atoms with Crippen LogP contribution in [0.25, 0.3) is 0 Å². The number of nitrogens with zero attached hydrogens (tertiary/aromatic N) is 1. The fourth-order valence-electron chi connectivity index (χ4n) is 2.08. The zero-order chi connectivity index (χ0) is 11.4. The molecule has 1 unspecified atom stereocenters. The predicted molar refractivity (Wildman–Crippen MR) is 62.1 cm³/mol. The highest BCUT2D eigenvalue weighted by Crippen LogP contribution is 2.17. The van der Waals surface area contributed by atoms with Crippen LogP contribution in [0.15, 0.2) is 24.3 Å². The molecule has 0 amide bonds. The van der Waals surface area contributed by atoms with Gasteiger partial charge < -0.3 is 15.3 Å². The smallest absolute Gasteiger partial charge is 0.125 e. The van der Waals surface area contributed by atoms with E-state index in [2.05, 4.69) is 10.2 Å². The van der Waals surface area contributed by atoms with Crippen LogP contribution in [0.2, 0.25) is 0 Å². The number of aliphatic hydroxyl groups is 1. The molecule has 4 heteroatoms. The van der Waals surface area contributed by atoms with E-state index in [1.807, 2.05) is 6.07 Å². The number of rotatable bonds is 3. The normalized spacial score (nSPS) is 21.1. The Kier molecular flexibility index (Phi) is 3.74. The fraction of sp³-hybridized carbons (Fsp3) is 0.500. The summed E-state index contributed by atoms with van der Waals surface area (Å²) in [5.41, 5.74) is 0.921. The van der Waals surface area contributed by atoms with Crippen LogP contribution in [0.3, 0.4) is 0 Å². The Bertz CT molecular complexity index is 344. The van der Waals surface area contributed by atoms with Crippen molar-refractivity contribution in [2.75, 3.05) is 31.1 Å². The molecule has 1 aromatic rings. The van der Waals surface area contributed by atoms with Crippen LogP contribution < -0.4 is 10.2 Å². The lowest BCUT2D eigenvalue weighted by Crippen LogP contribution is -2.51. The molecule has 0 bridgehead atoms. The molecule has 0 spiro atoms. The van der Waals surface area contributed by atoms with Crippen molar-refractivity contribution in [1.82, 2.24) is 5.32 Å². The third-order valence-corrected chi connectivity index (χ3v) is 2.91. The summed E-state index contributed by atoms with van der Waals surface area (Å²) in [6.45, 7) is 2.77. The van der Waals surface area contributed by atoms with E-state index in [1.54, 1.807) is 12.1 Å². The molecule has 1 fully saturated rings. The summed E-state index contributed by atoms with van der Waals surface area (Å²) in [5, 5.41) is 12.2. The number of hydrogen-bond donors (Lipinski definition) is 2. The minimum Gasteiger partial charge on any atom is -0.396 e. The van der Waals surface area contributed by atoms with Gasteiger partial charge in [0.1, 0.15) is 5.82 Å². The first-order valence-corrected chi connectivity index (χ1v) is 5.64. The summed E-state index contributed by atoms with van der Waals surface area (Å²) < 4.78 is 13.1. The first-order valence-electron chi connectivity index (χ1n) is 5.64. The molecule has 0 aliphatic carbocycles. The van der Waals surface area contributed by atoms with Crippen LogP contribution in [0.5, 0.6) is 0 Å². The lowest BCUT2D eigenvalue weighted by atomic mass is 10.1. The monoisotopic (exact) mass is 224 g/mol. The highest BCUT2D eigenvalue weighted by Gasteiger charge is 2.18. The average Bonchev–Trinajstić information content (AvgIpc) is 2.30. The van der Waals surface area contributed by atoms with Crippen molar-refractivity contribution in [1.29, 1.82) is 0 Å². The molecule has 0 radical (unpaired) electrons. The van der Waals surface area contributed by atoms with Gasteiger partial charge in [-0.05, 0) is 24.6 Å². The average molecular weight is 224 g/mol. The van der Waals surface area contributed by atoms with Crippen molar-refractivity contribution < 1.29 is 9.50 Å². The Hall–Kier alpha value is -1.13. The van der Waals surface area contributed by atoms with Gasteiger partial charge in [0.25, 0.3) is 0 Å². The van der Waals surface area contributed by atoms with Crippen LogP contribution in [0.1, 0.15) is 6.42 Å². The lowest BCUT2D eigenvalue weighted by molar-refractivity contribution is 0.260. The summed E-state index contributed by atoms with van der Waals surface area (Å²) in [6, 6.07) is 6.96. The Morgan fingerprint density at radius 3 is 3.12 bits per heavy atom. The first-order chi connectivity index (χ1) is 7.79. The van der Waals surface area contributed by atoms with Crippen molar-refractivity contribution in [2.45, 2.75) is 12.5 Å². The van der Waals surface area contributed by atoms with E-state index < -0.39 is 0 Å². The molecular formula is C12H17FN2O. The second-order valence-corrected chi connectivity index (χ2v) is 4.09. The maximum Gasteiger partial charge on any atom is 0.125 e. The standard InChI is InChI=1S/C12H17FN2O/c13-10-2-1-3-12(8-10)15-6-5-14-11(9-15)4-7-16/h1-3,8,11,14,16H,4-7,9H2. The second-order valence-electron chi connectivity index (χ2n) is 4.09. The van der Waals surface area contributed by atoms with Gasteiger partial charge >= 0.3 is 0 Å². The predicted octanol–water partition coefficient (Wildman–Crippen LogP) is 0.986. The van der Waals surface area contributed by atoms with Crippen LogP contribution >= 0.6 is 0 Å². The molecule has 2 N–H and O–H groups in total. The first kappa shape index (κ1) is 11.4. The Balaban J connectivity index is 2.03. The number of hydrogen-bond acceptors (Lipinski definition) is 3. The third-order valence-electron chi connectivity index (χ3n) is 2.91. The zero-order valence-corrected chi connectivity index (χ0v) is 9.19. The molecule has 1 heterocycles. The number of nitrogens with one attached hydrogen (secondary N) is 1. The van der Waals surface area contributed by atoms with Gasteiger partial charge in [0.15, 0.2) is 0 Å². The van der Waals surface area contributed by atoms with E-state index >= 15 is 0 Å². The zero-order valence-electron chi connectivity index (χ0n) is 9.19. The van der Waals surface area contributed by atoms with Crippen molar-refractivity contribution in [3.8, 4) is 0 Å². The number of piperazine rings is 1. The Labute approximate surface area is 94.9 Å². The fourth-order valence-corrected chi connectivity index (χ4v) is 2.08. The Morgan fingerprint density at radius 1 is 1.50 bits per heavy atom. The number of benzene rings is 1. The quantitative estimate of drug-likeness (QED) is 0.803. The van der Waals surface area contributed by atoms with Gasteiger partial charge in [-0.1, -0.05) is 6.07 Å². The van der Waals surface area contributed by atoms with Gasteiger partial charge in [-0.2, -0.15) is 0 Å². The summed E-state index contributed by atoms with van der Waals surface area (Å²) in [4.78, 5) is 2.15. The lowest BCUT2D eigenvalue weighted by Gasteiger charge is -2.35. The Morgan fingerprint density at radius 2 is 2.38 bits per heavy atom. The van der Waals surface area contributed by atoms with Crippen LogP contribution in [-0.4, -0.2) is 37.4 Å². The van der Waals surface area contributed by atoms with E-state index in [-0.39, 0.29) is 12.4 Å². The molecule has 0 aromatic heterocycles. The molecule has 2 rings (SSSR count). The van der Waals surface area contributed by atoms with Crippen molar-refractivity contribution in [3.63, 3.8) is 0 Å².